The van der Waals surface area contributed by atoms with E-state index in [1.165, 1.54) is 24.8 Å². The van der Waals surface area contributed by atoms with Crippen molar-refractivity contribution >= 4 is 28.8 Å². The lowest BCUT2D eigenvalue weighted by atomic mass is 10.0. The average Bonchev–Trinajstić information content (AvgIpc) is 3.24. The number of fused-ring (bicyclic) bond motifs is 1. The number of alkyl halides is 3. The van der Waals surface area contributed by atoms with Crippen molar-refractivity contribution < 1.29 is 35.9 Å². The molecule has 1 aromatic carbocycles. The molecule has 1 aliphatic heterocycles. The molecule has 0 spiro atoms. The third kappa shape index (κ3) is 5.15. The Kier molecular flexibility index (Phi) is 7.08. The van der Waals surface area contributed by atoms with E-state index in [4.69, 9.17) is 0 Å². The number of rotatable bonds is 6. The minimum absolute atomic E-state index is 0.00477. The van der Waals surface area contributed by atoms with Gasteiger partial charge in [0.15, 0.2) is 17.3 Å². The van der Waals surface area contributed by atoms with Gasteiger partial charge in [0.25, 0.3) is 5.91 Å². The van der Waals surface area contributed by atoms with E-state index in [2.05, 4.69) is 10.3 Å². The molecule has 1 saturated heterocycles. The van der Waals surface area contributed by atoms with Crippen LogP contribution in [0.15, 0.2) is 35.3 Å². The summed E-state index contributed by atoms with van der Waals surface area (Å²) in [6, 6.07) is 0.254. The standard InChI is InChI=1S/C24H21F6N5O3/c1-11(2)7-17(24(28,29)30)32-22(37)14-10-35(19-15(26)8-12(25)9-16(19)27)21-13(20(14)36)3-4-18(33-21)34-6-5-31-23(34)38/h3-4,8-11,17H,5-7H2,1-2H3,(H,31,38)(H,32,37)/t17-/m1/s1. The van der Waals surface area contributed by atoms with E-state index in [0.29, 0.717) is 22.9 Å². The molecule has 202 valence electrons. The van der Waals surface area contributed by atoms with Crippen LogP contribution in [0.4, 0.5) is 37.0 Å². The van der Waals surface area contributed by atoms with Crippen LogP contribution in [0, 0.1) is 23.4 Å². The summed E-state index contributed by atoms with van der Waals surface area (Å²) in [7, 11) is 0. The molecular formula is C24H21F6N5O3. The topological polar surface area (TPSA) is 96.3 Å². The third-order valence-electron chi connectivity index (χ3n) is 5.84. The molecule has 0 unspecified atom stereocenters. The van der Waals surface area contributed by atoms with Crippen molar-refractivity contribution in [1.29, 1.82) is 0 Å². The zero-order valence-electron chi connectivity index (χ0n) is 20.0. The number of carbonyl (C=O) groups excluding carboxylic acids is 2. The smallest absolute Gasteiger partial charge is 0.340 e. The van der Waals surface area contributed by atoms with Crippen molar-refractivity contribution in [2.24, 2.45) is 5.92 Å². The van der Waals surface area contributed by atoms with Crippen molar-refractivity contribution in [1.82, 2.24) is 20.2 Å². The van der Waals surface area contributed by atoms with Gasteiger partial charge in [0, 0.05) is 31.4 Å². The van der Waals surface area contributed by atoms with Gasteiger partial charge in [-0.2, -0.15) is 13.2 Å². The Morgan fingerprint density at radius 3 is 2.34 bits per heavy atom. The monoisotopic (exact) mass is 541 g/mol. The van der Waals surface area contributed by atoms with Gasteiger partial charge in [0.2, 0.25) is 5.43 Å². The highest BCUT2D eigenvalue weighted by molar-refractivity contribution is 5.98. The average molecular weight is 541 g/mol. The molecule has 4 rings (SSSR count). The summed E-state index contributed by atoms with van der Waals surface area (Å²) in [6.07, 6.45) is -4.68. The Hall–Kier alpha value is -4.10. The number of hydrogen-bond donors (Lipinski definition) is 2. The molecule has 3 amide bonds. The SMILES string of the molecule is CC(C)C[C@@H](NC(=O)c1cn(-c2c(F)cc(F)cc2F)c2nc(N3CCNC3=O)ccc2c1=O)C(F)(F)F. The molecule has 14 heteroatoms. The van der Waals surface area contributed by atoms with Crippen LogP contribution >= 0.6 is 0 Å². The van der Waals surface area contributed by atoms with Crippen molar-refractivity contribution in [3.05, 3.63) is 63.7 Å². The predicted molar refractivity (Wildman–Crippen MR) is 125 cm³/mol. The highest BCUT2D eigenvalue weighted by Gasteiger charge is 2.41. The molecule has 1 atom stereocenters. The van der Waals surface area contributed by atoms with Crippen molar-refractivity contribution in [3.63, 3.8) is 0 Å². The quantitative estimate of drug-likeness (QED) is 0.461. The minimum atomic E-state index is -4.84. The van der Waals surface area contributed by atoms with Crippen LogP contribution in [0.1, 0.15) is 30.6 Å². The molecule has 8 nitrogen and oxygen atoms in total. The number of anilines is 1. The Morgan fingerprint density at radius 1 is 1.13 bits per heavy atom. The molecule has 0 bridgehead atoms. The number of pyridine rings is 2. The number of benzene rings is 1. The summed E-state index contributed by atoms with van der Waals surface area (Å²) >= 11 is 0. The van der Waals surface area contributed by atoms with Gasteiger partial charge in [-0.05, 0) is 24.5 Å². The van der Waals surface area contributed by atoms with Gasteiger partial charge in [0.05, 0.1) is 5.39 Å². The number of carbonyl (C=O) groups is 2. The zero-order chi connectivity index (χ0) is 27.9. The first-order chi connectivity index (χ1) is 17.8. The molecule has 0 radical (unpaired) electrons. The predicted octanol–water partition coefficient (Wildman–Crippen LogP) is 4.04. The summed E-state index contributed by atoms with van der Waals surface area (Å²) in [6.45, 7) is 3.49. The second-order valence-corrected chi connectivity index (χ2v) is 9.08. The highest BCUT2D eigenvalue weighted by atomic mass is 19.4. The van der Waals surface area contributed by atoms with Gasteiger partial charge in [-0.1, -0.05) is 13.8 Å². The Labute approximate surface area is 211 Å². The molecule has 2 N–H and O–H groups in total. The molecular weight excluding hydrogens is 520 g/mol. The number of nitrogens with one attached hydrogen (secondary N) is 2. The maximum Gasteiger partial charge on any atom is 0.408 e. The lowest BCUT2D eigenvalue weighted by molar-refractivity contribution is -0.156. The Bertz CT molecular complexity index is 1460. The second-order valence-electron chi connectivity index (χ2n) is 9.08. The minimum Gasteiger partial charge on any atom is -0.340 e. The van der Waals surface area contributed by atoms with E-state index >= 15 is 0 Å². The first-order valence-corrected chi connectivity index (χ1v) is 11.4. The van der Waals surface area contributed by atoms with E-state index in [9.17, 15) is 40.7 Å². The van der Waals surface area contributed by atoms with Gasteiger partial charge in [-0.3, -0.25) is 19.1 Å². The largest absolute Gasteiger partial charge is 0.408 e. The normalized spacial score (nSPS) is 14.8. The van der Waals surface area contributed by atoms with E-state index in [-0.39, 0.29) is 24.3 Å². The van der Waals surface area contributed by atoms with Crippen LogP contribution in [-0.4, -0.2) is 46.8 Å². The number of amides is 3. The number of nitrogens with zero attached hydrogens (tertiary/aromatic N) is 3. The maximum atomic E-state index is 14.8. The van der Waals surface area contributed by atoms with Gasteiger partial charge in [-0.15, -0.1) is 0 Å². The van der Waals surface area contributed by atoms with E-state index in [1.54, 1.807) is 5.32 Å². The van der Waals surface area contributed by atoms with Gasteiger partial charge in [-0.25, -0.2) is 22.9 Å². The molecule has 2 aromatic heterocycles. The maximum absolute atomic E-state index is 14.8. The van der Waals surface area contributed by atoms with E-state index in [1.807, 2.05) is 0 Å². The van der Waals surface area contributed by atoms with Gasteiger partial charge < -0.3 is 10.6 Å². The van der Waals surface area contributed by atoms with Crippen LogP contribution in [0.2, 0.25) is 0 Å². The summed E-state index contributed by atoms with van der Waals surface area (Å²) in [5.74, 6) is -6.02. The second kappa shape index (κ2) is 9.99. The number of hydrogen-bond acceptors (Lipinski definition) is 4. The van der Waals surface area contributed by atoms with E-state index < -0.39 is 76.3 Å². The van der Waals surface area contributed by atoms with Gasteiger partial charge in [0.1, 0.15) is 28.9 Å². The fourth-order valence-corrected chi connectivity index (χ4v) is 4.11. The Morgan fingerprint density at radius 2 is 1.79 bits per heavy atom. The first kappa shape index (κ1) is 26.9. The van der Waals surface area contributed by atoms with E-state index in [0.717, 1.165) is 6.07 Å². The molecule has 0 aliphatic carbocycles. The summed E-state index contributed by atoms with van der Waals surface area (Å²) < 4.78 is 84.5. The van der Waals surface area contributed by atoms with Crippen LogP contribution in [0.3, 0.4) is 0 Å². The number of urea groups is 1. The van der Waals surface area contributed by atoms with Crippen molar-refractivity contribution in [2.45, 2.75) is 32.5 Å². The number of aromatic nitrogens is 2. The molecule has 3 heterocycles. The number of halogens is 6. The highest BCUT2D eigenvalue weighted by Crippen LogP contribution is 2.27. The summed E-state index contributed by atoms with van der Waals surface area (Å²) in [5.41, 5.74) is -3.27. The molecule has 1 fully saturated rings. The van der Waals surface area contributed by atoms with Gasteiger partial charge >= 0.3 is 12.2 Å². The summed E-state index contributed by atoms with van der Waals surface area (Å²) in [5, 5.41) is 3.94. The van der Waals surface area contributed by atoms with Crippen LogP contribution < -0.4 is 21.0 Å². The molecule has 0 saturated carbocycles. The molecule has 38 heavy (non-hydrogen) atoms. The lowest BCUT2D eigenvalue weighted by Gasteiger charge is -2.23. The third-order valence-corrected chi connectivity index (χ3v) is 5.84. The van der Waals surface area contributed by atoms with Crippen molar-refractivity contribution in [2.75, 3.05) is 18.0 Å². The van der Waals surface area contributed by atoms with Crippen LogP contribution in [0.25, 0.3) is 16.7 Å². The van der Waals surface area contributed by atoms with Crippen LogP contribution in [-0.2, 0) is 0 Å². The fourth-order valence-electron chi connectivity index (χ4n) is 4.11. The first-order valence-electron chi connectivity index (χ1n) is 11.4. The fraction of sp³-hybridized carbons (Fsp3) is 0.333. The Balaban J connectivity index is 1.94. The van der Waals surface area contributed by atoms with Crippen LogP contribution in [0.5, 0.6) is 0 Å². The lowest BCUT2D eigenvalue weighted by Crippen LogP contribution is -2.47. The molecule has 3 aromatic rings. The van der Waals surface area contributed by atoms with Crippen molar-refractivity contribution in [3.8, 4) is 5.69 Å². The molecule has 1 aliphatic rings. The zero-order valence-corrected chi connectivity index (χ0v) is 20.0. The summed E-state index contributed by atoms with van der Waals surface area (Å²) in [4.78, 5) is 43.6.